The van der Waals surface area contributed by atoms with Crippen molar-refractivity contribution in [3.8, 4) is 0 Å². The zero-order chi connectivity index (χ0) is 20.1. The maximum Gasteiger partial charge on any atom is 0.224 e. The Morgan fingerprint density at radius 2 is 1.59 bits per heavy atom. The number of aromatic nitrogens is 2. The van der Waals surface area contributed by atoms with Crippen LogP contribution in [0.2, 0.25) is 0 Å². The van der Waals surface area contributed by atoms with Crippen molar-refractivity contribution < 1.29 is 4.79 Å². The molecular weight excluding hydrogens is 358 g/mol. The molecule has 146 valence electrons. The van der Waals surface area contributed by atoms with Crippen LogP contribution in [0.5, 0.6) is 0 Å². The number of imidazole rings is 1. The van der Waals surface area contributed by atoms with Crippen LogP contribution in [0, 0.1) is 0 Å². The van der Waals surface area contributed by atoms with Crippen molar-refractivity contribution >= 4 is 16.9 Å². The monoisotopic (exact) mass is 383 g/mol. The molecule has 0 aliphatic rings. The Kier molecular flexibility index (Phi) is 5.71. The summed E-state index contributed by atoms with van der Waals surface area (Å²) < 4.78 is 2.29. The van der Waals surface area contributed by atoms with Crippen LogP contribution in [0.3, 0.4) is 0 Å². The third-order valence-electron chi connectivity index (χ3n) is 5.22. The van der Waals surface area contributed by atoms with E-state index in [1.165, 1.54) is 5.56 Å². The Morgan fingerprint density at radius 1 is 0.931 bits per heavy atom. The number of para-hydroxylation sites is 2. The summed E-state index contributed by atoms with van der Waals surface area (Å²) >= 11 is 0. The fourth-order valence-electron chi connectivity index (χ4n) is 3.74. The SMILES string of the molecule is CC(c1ccccc1)n1c(CCNC(=O)Cc2ccccc2)nc2ccccc21. The molecule has 0 bridgehead atoms. The molecule has 4 heteroatoms. The van der Waals surface area contributed by atoms with Gasteiger partial charge in [-0.1, -0.05) is 72.8 Å². The van der Waals surface area contributed by atoms with Gasteiger partial charge in [-0.3, -0.25) is 4.79 Å². The highest BCUT2D eigenvalue weighted by molar-refractivity contribution is 5.78. The highest BCUT2D eigenvalue weighted by Gasteiger charge is 2.17. The Bertz CT molecular complexity index is 1090. The predicted octanol–water partition coefficient (Wildman–Crippen LogP) is 4.55. The van der Waals surface area contributed by atoms with E-state index in [1.807, 2.05) is 54.6 Å². The first-order valence-electron chi connectivity index (χ1n) is 10.0. The van der Waals surface area contributed by atoms with Gasteiger partial charge in [-0.2, -0.15) is 0 Å². The van der Waals surface area contributed by atoms with E-state index in [0.29, 0.717) is 19.4 Å². The number of hydrogen-bond donors (Lipinski definition) is 1. The summed E-state index contributed by atoms with van der Waals surface area (Å²) in [6, 6.07) is 28.6. The number of amides is 1. The molecule has 0 saturated heterocycles. The Labute approximate surface area is 171 Å². The summed E-state index contributed by atoms with van der Waals surface area (Å²) in [6.07, 6.45) is 1.09. The lowest BCUT2D eigenvalue weighted by Crippen LogP contribution is -2.28. The summed E-state index contributed by atoms with van der Waals surface area (Å²) in [5.41, 5.74) is 4.37. The molecule has 1 atom stereocenters. The lowest BCUT2D eigenvalue weighted by molar-refractivity contribution is -0.120. The molecule has 0 radical (unpaired) electrons. The number of nitrogens with zero attached hydrogens (tertiary/aromatic N) is 2. The fraction of sp³-hybridized carbons (Fsp3) is 0.200. The second-order valence-corrected chi connectivity index (χ2v) is 7.24. The van der Waals surface area contributed by atoms with Gasteiger partial charge in [0, 0.05) is 13.0 Å². The van der Waals surface area contributed by atoms with Crippen molar-refractivity contribution in [2.24, 2.45) is 0 Å². The van der Waals surface area contributed by atoms with Gasteiger partial charge in [-0.15, -0.1) is 0 Å². The van der Waals surface area contributed by atoms with Gasteiger partial charge in [-0.25, -0.2) is 4.98 Å². The third kappa shape index (κ3) is 4.37. The van der Waals surface area contributed by atoms with E-state index >= 15 is 0 Å². The Hall–Kier alpha value is -3.40. The summed E-state index contributed by atoms with van der Waals surface area (Å²) in [5, 5.41) is 3.04. The first kappa shape index (κ1) is 18.9. The number of nitrogens with one attached hydrogen (secondary N) is 1. The highest BCUT2D eigenvalue weighted by Crippen LogP contribution is 2.26. The van der Waals surface area contributed by atoms with Crippen molar-refractivity contribution in [1.29, 1.82) is 0 Å². The minimum atomic E-state index is 0.0370. The fourth-order valence-corrected chi connectivity index (χ4v) is 3.74. The zero-order valence-corrected chi connectivity index (χ0v) is 16.6. The first-order valence-corrected chi connectivity index (χ1v) is 10.0. The largest absolute Gasteiger partial charge is 0.355 e. The first-order chi connectivity index (χ1) is 14.2. The predicted molar refractivity (Wildman–Crippen MR) is 117 cm³/mol. The molecule has 0 saturated carbocycles. The van der Waals surface area contributed by atoms with E-state index in [2.05, 4.69) is 47.1 Å². The summed E-state index contributed by atoms with van der Waals surface area (Å²) in [7, 11) is 0. The van der Waals surface area contributed by atoms with Crippen LogP contribution < -0.4 is 5.32 Å². The molecule has 1 amide bonds. The summed E-state index contributed by atoms with van der Waals surface area (Å²) in [4.78, 5) is 17.1. The minimum Gasteiger partial charge on any atom is -0.355 e. The standard InChI is InChI=1S/C25H25N3O/c1-19(21-12-6-3-7-13-21)28-23-15-9-8-14-22(23)27-24(28)16-17-26-25(29)18-20-10-4-2-5-11-20/h2-15,19H,16-18H2,1H3,(H,26,29). The maximum absolute atomic E-state index is 12.3. The van der Waals surface area contributed by atoms with Crippen molar-refractivity contribution in [1.82, 2.24) is 14.9 Å². The second-order valence-electron chi connectivity index (χ2n) is 7.24. The number of rotatable bonds is 7. The summed E-state index contributed by atoms with van der Waals surface area (Å²) in [5.74, 6) is 1.03. The average Bonchev–Trinajstić information content (AvgIpc) is 3.13. The van der Waals surface area contributed by atoms with Crippen molar-refractivity contribution in [3.05, 3.63) is 102 Å². The number of carbonyl (C=O) groups excluding carboxylic acids is 1. The molecular formula is C25H25N3O. The van der Waals surface area contributed by atoms with E-state index < -0.39 is 0 Å². The quantitative estimate of drug-likeness (QED) is 0.509. The van der Waals surface area contributed by atoms with Crippen molar-refractivity contribution in [2.75, 3.05) is 6.54 Å². The van der Waals surface area contributed by atoms with Gasteiger partial charge in [0.25, 0.3) is 0 Å². The van der Waals surface area contributed by atoms with Gasteiger partial charge in [-0.05, 0) is 30.2 Å². The van der Waals surface area contributed by atoms with Crippen LogP contribution in [0.15, 0.2) is 84.9 Å². The number of carbonyl (C=O) groups is 1. The molecule has 0 aliphatic heterocycles. The molecule has 4 nitrogen and oxygen atoms in total. The molecule has 1 unspecified atom stereocenters. The van der Waals surface area contributed by atoms with E-state index in [-0.39, 0.29) is 11.9 Å². The van der Waals surface area contributed by atoms with Crippen LogP contribution in [-0.4, -0.2) is 22.0 Å². The lowest BCUT2D eigenvalue weighted by atomic mass is 10.1. The van der Waals surface area contributed by atoms with Crippen LogP contribution in [0.1, 0.15) is 29.9 Å². The van der Waals surface area contributed by atoms with Crippen LogP contribution in [-0.2, 0) is 17.6 Å². The molecule has 1 aromatic heterocycles. The molecule has 0 fully saturated rings. The lowest BCUT2D eigenvalue weighted by Gasteiger charge is -2.18. The molecule has 4 aromatic rings. The Balaban J connectivity index is 1.50. The molecule has 29 heavy (non-hydrogen) atoms. The van der Waals surface area contributed by atoms with Gasteiger partial charge < -0.3 is 9.88 Å². The molecule has 0 spiro atoms. The zero-order valence-electron chi connectivity index (χ0n) is 16.6. The molecule has 0 aliphatic carbocycles. The highest BCUT2D eigenvalue weighted by atomic mass is 16.1. The van der Waals surface area contributed by atoms with Crippen LogP contribution in [0.4, 0.5) is 0 Å². The average molecular weight is 383 g/mol. The van der Waals surface area contributed by atoms with Crippen molar-refractivity contribution in [2.45, 2.75) is 25.8 Å². The molecule has 1 heterocycles. The number of fused-ring (bicyclic) bond motifs is 1. The molecule has 3 aromatic carbocycles. The Morgan fingerprint density at radius 3 is 2.34 bits per heavy atom. The smallest absolute Gasteiger partial charge is 0.224 e. The minimum absolute atomic E-state index is 0.0370. The molecule has 1 N–H and O–H groups in total. The van der Waals surface area contributed by atoms with E-state index in [4.69, 9.17) is 4.98 Å². The van der Waals surface area contributed by atoms with Crippen LogP contribution >= 0.6 is 0 Å². The summed E-state index contributed by atoms with van der Waals surface area (Å²) in [6.45, 7) is 2.76. The van der Waals surface area contributed by atoms with Crippen LogP contribution in [0.25, 0.3) is 11.0 Å². The van der Waals surface area contributed by atoms with Gasteiger partial charge in [0.15, 0.2) is 0 Å². The normalized spacial score (nSPS) is 12.0. The number of hydrogen-bond acceptors (Lipinski definition) is 2. The third-order valence-corrected chi connectivity index (χ3v) is 5.22. The number of benzene rings is 3. The van der Waals surface area contributed by atoms with Gasteiger partial charge in [0.1, 0.15) is 5.82 Å². The van der Waals surface area contributed by atoms with Gasteiger partial charge in [0.2, 0.25) is 5.91 Å². The van der Waals surface area contributed by atoms with E-state index in [9.17, 15) is 4.79 Å². The topological polar surface area (TPSA) is 46.9 Å². The van der Waals surface area contributed by atoms with E-state index in [0.717, 1.165) is 22.4 Å². The maximum atomic E-state index is 12.3. The van der Waals surface area contributed by atoms with Gasteiger partial charge >= 0.3 is 0 Å². The molecule has 4 rings (SSSR count). The second kappa shape index (κ2) is 8.74. The van der Waals surface area contributed by atoms with Gasteiger partial charge in [0.05, 0.1) is 23.5 Å². The van der Waals surface area contributed by atoms with Crippen molar-refractivity contribution in [3.63, 3.8) is 0 Å². The van der Waals surface area contributed by atoms with E-state index in [1.54, 1.807) is 0 Å².